The third-order valence-corrected chi connectivity index (χ3v) is 5.78. The molecule has 0 fully saturated rings. The van der Waals surface area contributed by atoms with E-state index in [0.29, 0.717) is 16.1 Å². The molecule has 1 heterocycles. The fourth-order valence-corrected chi connectivity index (χ4v) is 4.12. The molecule has 0 spiro atoms. The molecular formula is C26H29N3O3S. The summed E-state index contributed by atoms with van der Waals surface area (Å²) in [4.78, 5) is 41.6. The Morgan fingerprint density at radius 3 is 2.21 bits per heavy atom. The number of carbonyl (C=O) groups is 3. The molecule has 3 rings (SSSR count). The Bertz CT molecular complexity index is 1110. The van der Waals surface area contributed by atoms with Crippen molar-refractivity contribution in [1.29, 1.82) is 0 Å². The maximum atomic E-state index is 13.6. The lowest BCUT2D eigenvalue weighted by molar-refractivity contribution is -0.127. The van der Waals surface area contributed by atoms with E-state index in [2.05, 4.69) is 10.6 Å². The van der Waals surface area contributed by atoms with Crippen LogP contribution in [-0.4, -0.2) is 29.8 Å². The van der Waals surface area contributed by atoms with Crippen LogP contribution < -0.4 is 15.5 Å². The monoisotopic (exact) mass is 463 g/mol. The highest BCUT2D eigenvalue weighted by molar-refractivity contribution is 7.12. The average Bonchev–Trinajstić information content (AvgIpc) is 3.30. The molecule has 7 heteroatoms. The molecule has 6 nitrogen and oxygen atoms in total. The summed E-state index contributed by atoms with van der Waals surface area (Å²) in [6.45, 7) is 7.34. The molecule has 0 aliphatic heterocycles. The zero-order valence-corrected chi connectivity index (χ0v) is 20.1. The quantitative estimate of drug-likeness (QED) is 0.542. The SMILES string of the molecule is Cc1ccccc1N(C(=O)CNC(=O)c1cccs1)[C@@H](C(=O)NC(C)(C)C)c1ccccc1. The van der Waals surface area contributed by atoms with Crippen LogP contribution in [0.15, 0.2) is 72.1 Å². The molecule has 0 saturated heterocycles. The van der Waals surface area contributed by atoms with Crippen LogP contribution in [0.5, 0.6) is 0 Å². The van der Waals surface area contributed by atoms with Gasteiger partial charge in [0, 0.05) is 11.2 Å². The number of rotatable bonds is 7. The number of aryl methyl sites for hydroxylation is 1. The highest BCUT2D eigenvalue weighted by Gasteiger charge is 2.35. The summed E-state index contributed by atoms with van der Waals surface area (Å²) in [7, 11) is 0. The van der Waals surface area contributed by atoms with Gasteiger partial charge in [-0.3, -0.25) is 19.3 Å². The summed E-state index contributed by atoms with van der Waals surface area (Å²) < 4.78 is 0. The van der Waals surface area contributed by atoms with Crippen LogP contribution in [0.2, 0.25) is 0 Å². The fourth-order valence-electron chi connectivity index (χ4n) is 3.48. The molecule has 2 aromatic carbocycles. The number of nitrogens with one attached hydrogen (secondary N) is 2. The van der Waals surface area contributed by atoms with E-state index < -0.39 is 11.6 Å². The van der Waals surface area contributed by atoms with Crippen LogP contribution in [-0.2, 0) is 9.59 Å². The summed E-state index contributed by atoms with van der Waals surface area (Å²) in [5.41, 5.74) is 1.66. The van der Waals surface area contributed by atoms with Gasteiger partial charge in [-0.2, -0.15) is 0 Å². The predicted molar refractivity (Wildman–Crippen MR) is 132 cm³/mol. The van der Waals surface area contributed by atoms with Crippen molar-refractivity contribution in [3.8, 4) is 0 Å². The van der Waals surface area contributed by atoms with E-state index >= 15 is 0 Å². The van der Waals surface area contributed by atoms with E-state index in [9.17, 15) is 14.4 Å². The molecule has 1 aromatic heterocycles. The Morgan fingerprint density at radius 1 is 0.939 bits per heavy atom. The second kappa shape index (κ2) is 10.4. The first-order valence-corrected chi connectivity index (χ1v) is 11.6. The van der Waals surface area contributed by atoms with Crippen molar-refractivity contribution >= 4 is 34.7 Å². The molecule has 0 unspecified atom stereocenters. The summed E-state index contributed by atoms with van der Waals surface area (Å²) in [5, 5.41) is 7.51. The lowest BCUT2D eigenvalue weighted by Crippen LogP contribution is -2.51. The molecule has 33 heavy (non-hydrogen) atoms. The van der Waals surface area contributed by atoms with Crippen LogP contribution >= 0.6 is 11.3 Å². The first kappa shape index (κ1) is 24.2. The van der Waals surface area contributed by atoms with E-state index in [1.54, 1.807) is 17.5 Å². The van der Waals surface area contributed by atoms with Gasteiger partial charge in [0.1, 0.15) is 6.04 Å². The first-order chi connectivity index (χ1) is 15.7. The van der Waals surface area contributed by atoms with Crippen molar-refractivity contribution in [3.05, 3.63) is 88.1 Å². The minimum absolute atomic E-state index is 0.239. The normalized spacial score (nSPS) is 12.0. The summed E-state index contributed by atoms with van der Waals surface area (Å²) in [5.74, 6) is -1.000. The van der Waals surface area contributed by atoms with Crippen molar-refractivity contribution < 1.29 is 14.4 Å². The molecule has 3 aromatic rings. The Hall–Kier alpha value is -3.45. The van der Waals surface area contributed by atoms with Crippen LogP contribution in [0, 0.1) is 6.92 Å². The van der Waals surface area contributed by atoms with Crippen molar-refractivity contribution in [1.82, 2.24) is 10.6 Å². The average molecular weight is 464 g/mol. The smallest absolute Gasteiger partial charge is 0.261 e. The van der Waals surface area contributed by atoms with Gasteiger partial charge in [0.05, 0.1) is 11.4 Å². The van der Waals surface area contributed by atoms with Gasteiger partial charge >= 0.3 is 0 Å². The Kier molecular flexibility index (Phi) is 7.66. The first-order valence-electron chi connectivity index (χ1n) is 10.7. The van der Waals surface area contributed by atoms with Crippen LogP contribution in [0.25, 0.3) is 0 Å². The molecule has 1 atom stereocenters. The minimum Gasteiger partial charge on any atom is -0.349 e. The molecule has 2 N–H and O–H groups in total. The minimum atomic E-state index is -0.905. The Labute approximate surface area is 198 Å². The van der Waals surface area contributed by atoms with Gasteiger partial charge in [0.15, 0.2) is 0 Å². The van der Waals surface area contributed by atoms with Gasteiger partial charge in [0.25, 0.3) is 5.91 Å². The summed E-state index contributed by atoms with van der Waals surface area (Å²) >= 11 is 1.30. The van der Waals surface area contributed by atoms with E-state index in [4.69, 9.17) is 0 Å². The van der Waals surface area contributed by atoms with E-state index in [0.717, 1.165) is 5.56 Å². The maximum absolute atomic E-state index is 13.6. The van der Waals surface area contributed by atoms with E-state index in [-0.39, 0.29) is 24.3 Å². The number of benzene rings is 2. The van der Waals surface area contributed by atoms with E-state index in [1.807, 2.05) is 82.3 Å². The molecular weight excluding hydrogens is 434 g/mol. The number of para-hydroxylation sites is 1. The number of anilines is 1. The van der Waals surface area contributed by atoms with Crippen LogP contribution in [0.4, 0.5) is 5.69 Å². The van der Waals surface area contributed by atoms with Gasteiger partial charge in [-0.05, 0) is 56.3 Å². The second-order valence-corrected chi connectivity index (χ2v) is 9.71. The highest BCUT2D eigenvalue weighted by atomic mass is 32.1. The van der Waals surface area contributed by atoms with Gasteiger partial charge in [-0.25, -0.2) is 0 Å². The number of amides is 3. The van der Waals surface area contributed by atoms with Gasteiger partial charge in [0.2, 0.25) is 11.8 Å². The zero-order valence-electron chi connectivity index (χ0n) is 19.3. The topological polar surface area (TPSA) is 78.5 Å². The van der Waals surface area contributed by atoms with Crippen LogP contribution in [0.3, 0.4) is 0 Å². The predicted octanol–water partition coefficient (Wildman–Crippen LogP) is 4.48. The molecule has 0 aliphatic carbocycles. The Morgan fingerprint density at radius 2 is 1.61 bits per heavy atom. The number of carbonyl (C=O) groups excluding carboxylic acids is 3. The molecule has 0 aliphatic rings. The van der Waals surface area contributed by atoms with Gasteiger partial charge in [-0.1, -0.05) is 54.6 Å². The number of thiophene rings is 1. The summed E-state index contributed by atoms with van der Waals surface area (Å²) in [6.07, 6.45) is 0. The lowest BCUT2D eigenvalue weighted by Gasteiger charge is -2.34. The zero-order chi connectivity index (χ0) is 24.0. The summed E-state index contributed by atoms with van der Waals surface area (Å²) in [6, 6.07) is 19.2. The lowest BCUT2D eigenvalue weighted by atomic mass is 10.00. The number of hydrogen-bond acceptors (Lipinski definition) is 4. The molecule has 0 saturated carbocycles. The second-order valence-electron chi connectivity index (χ2n) is 8.76. The molecule has 0 radical (unpaired) electrons. The van der Waals surface area contributed by atoms with Gasteiger partial charge < -0.3 is 10.6 Å². The van der Waals surface area contributed by atoms with Crippen molar-refractivity contribution in [2.75, 3.05) is 11.4 Å². The standard InChI is InChI=1S/C26H29N3O3S/c1-18-11-8-9-14-20(18)29(22(30)17-27-24(31)21-15-10-16-33-21)23(19-12-6-5-7-13-19)25(32)28-26(2,3)4/h5-16,23H,17H2,1-4H3,(H,27,31)(H,28,32)/t23-/m1/s1. The molecule has 3 amide bonds. The van der Waals surface area contributed by atoms with Crippen molar-refractivity contribution in [3.63, 3.8) is 0 Å². The molecule has 172 valence electrons. The third kappa shape index (κ3) is 6.29. The van der Waals surface area contributed by atoms with Crippen molar-refractivity contribution in [2.45, 2.75) is 39.3 Å². The fraction of sp³-hybridized carbons (Fsp3) is 0.269. The van der Waals surface area contributed by atoms with E-state index in [1.165, 1.54) is 16.2 Å². The number of nitrogens with zero attached hydrogens (tertiary/aromatic N) is 1. The highest BCUT2D eigenvalue weighted by Crippen LogP contribution is 2.31. The Balaban J connectivity index is 2.01. The largest absolute Gasteiger partial charge is 0.349 e. The van der Waals surface area contributed by atoms with Crippen molar-refractivity contribution in [2.24, 2.45) is 0 Å². The molecule has 0 bridgehead atoms. The number of hydrogen-bond donors (Lipinski definition) is 2. The third-order valence-electron chi connectivity index (χ3n) is 4.91. The van der Waals surface area contributed by atoms with Crippen LogP contribution in [0.1, 0.15) is 47.6 Å². The van der Waals surface area contributed by atoms with Gasteiger partial charge in [-0.15, -0.1) is 11.3 Å². The maximum Gasteiger partial charge on any atom is 0.261 e.